The summed E-state index contributed by atoms with van der Waals surface area (Å²) >= 11 is 1.05. The van der Waals surface area contributed by atoms with Crippen molar-refractivity contribution in [3.63, 3.8) is 0 Å². The molecular weight excluding hydrogens is 422 g/mol. The number of rotatable bonds is 5. The Bertz CT molecular complexity index is 1060. The van der Waals surface area contributed by atoms with Gasteiger partial charge in [0.2, 0.25) is 0 Å². The third kappa shape index (κ3) is 4.68. The first-order chi connectivity index (χ1) is 14.2. The van der Waals surface area contributed by atoms with Gasteiger partial charge in [-0.2, -0.15) is 13.2 Å². The summed E-state index contributed by atoms with van der Waals surface area (Å²) in [5.41, 5.74) is 0.205. The van der Waals surface area contributed by atoms with E-state index in [1.165, 1.54) is 24.3 Å². The van der Waals surface area contributed by atoms with Crippen molar-refractivity contribution in [1.82, 2.24) is 0 Å². The molecule has 0 aliphatic rings. The molecule has 0 fully saturated rings. The zero-order valence-corrected chi connectivity index (χ0v) is 16.4. The van der Waals surface area contributed by atoms with Gasteiger partial charge in [-0.05, 0) is 48.9 Å². The van der Waals surface area contributed by atoms with Crippen molar-refractivity contribution in [3.8, 4) is 11.1 Å². The van der Waals surface area contributed by atoms with Gasteiger partial charge in [0.15, 0.2) is 0 Å². The number of anilines is 1. The maximum atomic E-state index is 13.2. The molecule has 1 N–H and O–H groups in total. The number of ether oxygens (including phenoxy) is 1. The highest BCUT2D eigenvalue weighted by molar-refractivity contribution is 7.15. The molecule has 0 aliphatic carbocycles. The molecule has 0 saturated carbocycles. The lowest BCUT2D eigenvalue weighted by atomic mass is 10.0. The molecule has 2 aromatic carbocycles. The molecule has 3 aromatic rings. The fourth-order valence-corrected chi connectivity index (χ4v) is 3.64. The zero-order chi connectivity index (χ0) is 21.9. The van der Waals surface area contributed by atoms with Crippen LogP contribution in [0.4, 0.5) is 22.6 Å². The molecular formula is C21H15F4NO3S. The fraction of sp³-hybridized carbons (Fsp3) is 0.143. The van der Waals surface area contributed by atoms with E-state index in [2.05, 4.69) is 5.32 Å². The summed E-state index contributed by atoms with van der Waals surface area (Å²) in [7, 11) is 0. The Balaban J connectivity index is 1.92. The van der Waals surface area contributed by atoms with Gasteiger partial charge in [0.25, 0.3) is 5.91 Å². The predicted octanol–water partition coefficient (Wildman–Crippen LogP) is 6.00. The van der Waals surface area contributed by atoms with Gasteiger partial charge in [-0.25, -0.2) is 9.18 Å². The van der Waals surface area contributed by atoms with Crippen molar-refractivity contribution in [2.75, 3.05) is 11.9 Å². The summed E-state index contributed by atoms with van der Waals surface area (Å²) in [6, 6.07) is 9.17. The number of esters is 1. The van der Waals surface area contributed by atoms with E-state index in [0.717, 1.165) is 35.6 Å². The van der Waals surface area contributed by atoms with Crippen LogP contribution in [0.5, 0.6) is 0 Å². The Morgan fingerprint density at radius 2 is 1.67 bits per heavy atom. The van der Waals surface area contributed by atoms with Crippen molar-refractivity contribution < 1.29 is 31.9 Å². The quantitative estimate of drug-likeness (QED) is 0.393. The van der Waals surface area contributed by atoms with E-state index < -0.39 is 29.4 Å². The summed E-state index contributed by atoms with van der Waals surface area (Å²) in [5, 5.41) is 4.34. The lowest BCUT2D eigenvalue weighted by Crippen LogP contribution is -2.15. The molecule has 3 rings (SSSR count). The van der Waals surface area contributed by atoms with E-state index in [1.54, 1.807) is 12.3 Å². The Morgan fingerprint density at radius 1 is 1.03 bits per heavy atom. The van der Waals surface area contributed by atoms with E-state index in [0.29, 0.717) is 11.1 Å². The van der Waals surface area contributed by atoms with E-state index in [-0.39, 0.29) is 22.7 Å². The monoisotopic (exact) mass is 437 g/mol. The molecule has 0 radical (unpaired) electrons. The summed E-state index contributed by atoms with van der Waals surface area (Å²) in [6.45, 7) is 1.73. The minimum atomic E-state index is -4.51. The Hall–Kier alpha value is -3.20. The average molecular weight is 437 g/mol. The fourth-order valence-electron chi connectivity index (χ4n) is 2.68. The van der Waals surface area contributed by atoms with Crippen molar-refractivity contribution >= 4 is 28.2 Å². The highest BCUT2D eigenvalue weighted by Gasteiger charge is 2.30. The molecule has 156 valence electrons. The lowest BCUT2D eigenvalue weighted by Gasteiger charge is -2.10. The van der Waals surface area contributed by atoms with Gasteiger partial charge in [0.05, 0.1) is 12.2 Å². The van der Waals surface area contributed by atoms with Gasteiger partial charge in [-0.1, -0.05) is 12.1 Å². The summed E-state index contributed by atoms with van der Waals surface area (Å²) in [4.78, 5) is 25.0. The highest BCUT2D eigenvalue weighted by Crippen LogP contribution is 2.37. The molecule has 0 aliphatic heterocycles. The predicted molar refractivity (Wildman–Crippen MR) is 105 cm³/mol. The number of thiophene rings is 1. The molecule has 0 spiro atoms. The SMILES string of the molecule is CCOC(=O)c1c(-c2ccc(F)cc2)csc1NC(=O)c1ccc(C(F)(F)F)cc1. The van der Waals surface area contributed by atoms with Crippen LogP contribution in [0.25, 0.3) is 11.1 Å². The molecule has 1 amide bonds. The van der Waals surface area contributed by atoms with Gasteiger partial charge >= 0.3 is 12.1 Å². The second kappa shape index (κ2) is 8.66. The summed E-state index contributed by atoms with van der Waals surface area (Å²) < 4.78 is 56.4. The van der Waals surface area contributed by atoms with E-state index in [1.807, 2.05) is 0 Å². The second-order valence-electron chi connectivity index (χ2n) is 6.11. The van der Waals surface area contributed by atoms with E-state index in [4.69, 9.17) is 4.74 Å². The van der Waals surface area contributed by atoms with Gasteiger partial charge in [-0.15, -0.1) is 11.3 Å². The van der Waals surface area contributed by atoms with E-state index >= 15 is 0 Å². The number of nitrogens with one attached hydrogen (secondary N) is 1. The van der Waals surface area contributed by atoms with Crippen LogP contribution < -0.4 is 5.32 Å². The van der Waals surface area contributed by atoms with Gasteiger partial charge in [-0.3, -0.25) is 4.79 Å². The Labute approximate surface area is 173 Å². The first-order valence-corrected chi connectivity index (χ1v) is 9.61. The molecule has 1 heterocycles. The number of benzene rings is 2. The van der Waals surface area contributed by atoms with Crippen LogP contribution >= 0.6 is 11.3 Å². The summed E-state index contributed by atoms with van der Waals surface area (Å²) in [6.07, 6.45) is -4.51. The Kier molecular flexibility index (Phi) is 6.21. The second-order valence-corrected chi connectivity index (χ2v) is 6.99. The third-order valence-corrected chi connectivity index (χ3v) is 5.02. The number of carbonyl (C=O) groups is 2. The maximum absolute atomic E-state index is 13.2. The van der Waals surface area contributed by atoms with Crippen LogP contribution in [0.1, 0.15) is 33.2 Å². The molecule has 0 saturated heterocycles. The number of amides is 1. The van der Waals surface area contributed by atoms with Crippen molar-refractivity contribution in [1.29, 1.82) is 0 Å². The van der Waals surface area contributed by atoms with Gasteiger partial charge in [0, 0.05) is 16.5 Å². The Morgan fingerprint density at radius 3 is 2.23 bits per heavy atom. The minimum absolute atomic E-state index is 0.00505. The molecule has 0 atom stereocenters. The first-order valence-electron chi connectivity index (χ1n) is 8.74. The van der Waals surface area contributed by atoms with Crippen molar-refractivity contribution in [3.05, 3.63) is 76.4 Å². The largest absolute Gasteiger partial charge is 0.462 e. The number of halogens is 4. The molecule has 0 unspecified atom stereocenters. The van der Waals surface area contributed by atoms with Crippen LogP contribution in [0, 0.1) is 5.82 Å². The topological polar surface area (TPSA) is 55.4 Å². The minimum Gasteiger partial charge on any atom is -0.462 e. The van der Waals surface area contributed by atoms with E-state index in [9.17, 15) is 27.2 Å². The third-order valence-electron chi connectivity index (χ3n) is 4.13. The zero-order valence-electron chi connectivity index (χ0n) is 15.5. The highest BCUT2D eigenvalue weighted by atomic mass is 32.1. The van der Waals surface area contributed by atoms with Crippen LogP contribution in [0.15, 0.2) is 53.9 Å². The van der Waals surface area contributed by atoms with Gasteiger partial charge in [0.1, 0.15) is 16.4 Å². The van der Waals surface area contributed by atoms with Crippen molar-refractivity contribution in [2.24, 2.45) is 0 Å². The molecule has 1 aromatic heterocycles. The smallest absolute Gasteiger partial charge is 0.416 e. The number of hydrogen-bond acceptors (Lipinski definition) is 4. The van der Waals surface area contributed by atoms with Crippen LogP contribution in [-0.2, 0) is 10.9 Å². The van der Waals surface area contributed by atoms with Gasteiger partial charge < -0.3 is 10.1 Å². The maximum Gasteiger partial charge on any atom is 0.416 e. The van der Waals surface area contributed by atoms with Crippen LogP contribution in [0.2, 0.25) is 0 Å². The molecule has 30 heavy (non-hydrogen) atoms. The standard InChI is InChI=1S/C21H15F4NO3S/c1-2-29-20(28)17-16(12-5-9-15(22)10-6-12)11-30-19(17)26-18(27)13-3-7-14(8-4-13)21(23,24)25/h3-11H,2H2,1H3,(H,26,27). The number of alkyl halides is 3. The van der Waals surface area contributed by atoms with Crippen molar-refractivity contribution in [2.45, 2.75) is 13.1 Å². The number of hydrogen-bond donors (Lipinski definition) is 1. The number of carbonyl (C=O) groups excluding carboxylic acids is 2. The summed E-state index contributed by atoms with van der Waals surface area (Å²) in [5.74, 6) is -1.80. The molecule has 4 nitrogen and oxygen atoms in total. The average Bonchev–Trinajstić information content (AvgIpc) is 3.11. The van der Waals surface area contributed by atoms with Crippen LogP contribution in [-0.4, -0.2) is 18.5 Å². The van der Waals surface area contributed by atoms with Crippen LogP contribution in [0.3, 0.4) is 0 Å². The first kappa shape index (κ1) is 21.5. The molecule has 9 heteroatoms. The normalized spacial score (nSPS) is 11.2. The molecule has 0 bridgehead atoms. The lowest BCUT2D eigenvalue weighted by molar-refractivity contribution is -0.137.